The van der Waals surface area contributed by atoms with Crippen molar-refractivity contribution in [3.63, 3.8) is 0 Å². The fourth-order valence-electron chi connectivity index (χ4n) is 2.63. The Labute approximate surface area is 115 Å². The molecular weight excluding hydrogens is 302 g/mol. The van der Waals surface area contributed by atoms with Crippen molar-refractivity contribution < 1.29 is 4.74 Å². The number of ether oxygens (including phenoxy) is 1. The lowest BCUT2D eigenvalue weighted by Gasteiger charge is -2.17. The summed E-state index contributed by atoms with van der Waals surface area (Å²) < 4.78 is 6.89. The van der Waals surface area contributed by atoms with E-state index in [9.17, 15) is 0 Å². The molecule has 1 fully saturated rings. The number of benzene rings is 1. The summed E-state index contributed by atoms with van der Waals surface area (Å²) in [5, 5.41) is 0.316. The summed E-state index contributed by atoms with van der Waals surface area (Å²) in [5.74, 6) is 1.10. The maximum Gasteiger partial charge on any atom is 0.127 e. The second kappa shape index (κ2) is 4.79. The predicted molar refractivity (Wildman–Crippen MR) is 72.9 cm³/mol. The predicted octanol–water partition coefficient (Wildman–Crippen LogP) is 3.20. The van der Waals surface area contributed by atoms with Gasteiger partial charge in [0, 0.05) is 34.9 Å². The fourth-order valence-corrected chi connectivity index (χ4v) is 3.48. The Kier molecular flexibility index (Phi) is 3.33. The summed E-state index contributed by atoms with van der Waals surface area (Å²) in [6.45, 7) is 3.85. The van der Waals surface area contributed by atoms with Crippen LogP contribution in [0.25, 0.3) is 0 Å². The number of halogens is 2. The van der Waals surface area contributed by atoms with Gasteiger partial charge >= 0.3 is 0 Å². The van der Waals surface area contributed by atoms with Gasteiger partial charge in [-0.15, -0.1) is 11.6 Å². The van der Waals surface area contributed by atoms with Gasteiger partial charge in [-0.25, -0.2) is 0 Å². The van der Waals surface area contributed by atoms with Gasteiger partial charge < -0.3 is 4.74 Å². The van der Waals surface area contributed by atoms with Crippen molar-refractivity contribution in [1.29, 1.82) is 0 Å². The molecule has 2 heterocycles. The van der Waals surface area contributed by atoms with Crippen molar-refractivity contribution >= 4 is 27.5 Å². The molecule has 2 nitrogen and oxygen atoms in total. The molecule has 2 aliphatic heterocycles. The van der Waals surface area contributed by atoms with Crippen molar-refractivity contribution in [2.24, 2.45) is 0 Å². The topological polar surface area (TPSA) is 12.5 Å². The van der Waals surface area contributed by atoms with Crippen LogP contribution in [-0.4, -0.2) is 30.0 Å². The highest BCUT2D eigenvalue weighted by atomic mass is 79.9. The minimum Gasteiger partial charge on any atom is -0.493 e. The van der Waals surface area contributed by atoms with Crippen LogP contribution in [0.3, 0.4) is 0 Å². The Morgan fingerprint density at radius 2 is 2.35 bits per heavy atom. The van der Waals surface area contributed by atoms with Crippen LogP contribution >= 0.6 is 27.5 Å². The van der Waals surface area contributed by atoms with Crippen LogP contribution in [0.4, 0.5) is 0 Å². The number of hydrogen-bond donors (Lipinski definition) is 0. The third-order valence-electron chi connectivity index (χ3n) is 3.43. The van der Waals surface area contributed by atoms with Gasteiger partial charge in [-0.1, -0.05) is 15.9 Å². The normalized spacial score (nSPS) is 23.8. The first kappa shape index (κ1) is 11.8. The SMILES string of the molecule is ClC1CCN(Cc2cc(Br)cc3c2OCC3)C1. The number of alkyl halides is 1. The zero-order chi connectivity index (χ0) is 11.8. The Morgan fingerprint density at radius 1 is 1.47 bits per heavy atom. The lowest BCUT2D eigenvalue weighted by atomic mass is 10.1. The molecule has 3 rings (SSSR count). The molecule has 1 unspecified atom stereocenters. The lowest BCUT2D eigenvalue weighted by molar-refractivity contribution is 0.313. The largest absolute Gasteiger partial charge is 0.493 e. The van der Waals surface area contributed by atoms with Crippen LogP contribution < -0.4 is 4.74 Å². The van der Waals surface area contributed by atoms with Crippen LogP contribution in [0, 0.1) is 0 Å². The molecule has 1 aromatic rings. The highest BCUT2D eigenvalue weighted by Crippen LogP contribution is 2.34. The average Bonchev–Trinajstić information content (AvgIpc) is 2.87. The summed E-state index contributed by atoms with van der Waals surface area (Å²) in [4.78, 5) is 2.40. The maximum atomic E-state index is 6.14. The second-order valence-electron chi connectivity index (χ2n) is 4.77. The van der Waals surface area contributed by atoms with Gasteiger partial charge in [-0.3, -0.25) is 4.90 Å². The summed E-state index contributed by atoms with van der Waals surface area (Å²) in [6.07, 6.45) is 2.12. The van der Waals surface area contributed by atoms with Crippen molar-refractivity contribution in [2.75, 3.05) is 19.7 Å². The first-order chi connectivity index (χ1) is 8.22. The van der Waals surface area contributed by atoms with E-state index in [1.165, 1.54) is 11.1 Å². The standard InChI is InChI=1S/C13H15BrClNO/c14-11-5-9-2-4-17-13(9)10(6-11)7-16-3-1-12(15)8-16/h5-6,12H,1-4,7-8H2. The van der Waals surface area contributed by atoms with Crippen LogP contribution in [0.15, 0.2) is 16.6 Å². The Morgan fingerprint density at radius 3 is 3.12 bits per heavy atom. The highest BCUT2D eigenvalue weighted by molar-refractivity contribution is 9.10. The zero-order valence-corrected chi connectivity index (χ0v) is 11.9. The molecule has 0 aliphatic carbocycles. The smallest absolute Gasteiger partial charge is 0.127 e. The van der Waals surface area contributed by atoms with Crippen LogP contribution in [-0.2, 0) is 13.0 Å². The molecule has 0 aromatic heterocycles. The summed E-state index contributed by atoms with van der Waals surface area (Å²) >= 11 is 9.72. The van der Waals surface area contributed by atoms with Gasteiger partial charge in [-0.05, 0) is 30.7 Å². The molecule has 0 saturated carbocycles. The third-order valence-corrected chi connectivity index (χ3v) is 4.25. The van der Waals surface area contributed by atoms with Crippen molar-refractivity contribution in [3.05, 3.63) is 27.7 Å². The lowest BCUT2D eigenvalue weighted by Crippen LogP contribution is -2.20. The molecule has 0 spiro atoms. The van der Waals surface area contributed by atoms with Gasteiger partial charge in [0.15, 0.2) is 0 Å². The van der Waals surface area contributed by atoms with Gasteiger partial charge in [0.1, 0.15) is 5.75 Å². The van der Waals surface area contributed by atoms with E-state index in [-0.39, 0.29) is 0 Å². The molecule has 2 aliphatic rings. The fraction of sp³-hybridized carbons (Fsp3) is 0.538. The van der Waals surface area contributed by atoms with Crippen molar-refractivity contribution in [1.82, 2.24) is 4.90 Å². The Hall–Kier alpha value is -0.250. The van der Waals surface area contributed by atoms with Gasteiger partial charge in [0.25, 0.3) is 0 Å². The number of rotatable bonds is 2. The third kappa shape index (κ3) is 2.47. The van der Waals surface area contributed by atoms with Crippen LogP contribution in [0.5, 0.6) is 5.75 Å². The molecule has 0 radical (unpaired) electrons. The summed E-state index contributed by atoms with van der Waals surface area (Å²) in [5.41, 5.74) is 2.62. The van der Waals surface area contributed by atoms with Gasteiger partial charge in [0.05, 0.1) is 6.61 Å². The minimum absolute atomic E-state index is 0.316. The molecule has 92 valence electrons. The van der Waals surface area contributed by atoms with E-state index in [2.05, 4.69) is 33.0 Å². The molecule has 0 amide bonds. The van der Waals surface area contributed by atoms with E-state index in [0.29, 0.717) is 5.38 Å². The molecule has 17 heavy (non-hydrogen) atoms. The van der Waals surface area contributed by atoms with E-state index in [0.717, 1.165) is 49.3 Å². The van der Waals surface area contributed by atoms with E-state index in [1.54, 1.807) is 0 Å². The van der Waals surface area contributed by atoms with Gasteiger partial charge in [0.2, 0.25) is 0 Å². The van der Waals surface area contributed by atoms with E-state index in [4.69, 9.17) is 16.3 Å². The molecule has 0 N–H and O–H groups in total. The molecule has 0 bridgehead atoms. The summed E-state index contributed by atoms with van der Waals surface area (Å²) in [7, 11) is 0. The highest BCUT2D eigenvalue weighted by Gasteiger charge is 2.23. The second-order valence-corrected chi connectivity index (χ2v) is 6.31. The van der Waals surface area contributed by atoms with Crippen molar-refractivity contribution in [2.45, 2.75) is 24.8 Å². The summed E-state index contributed by atoms with van der Waals surface area (Å²) in [6, 6.07) is 4.34. The Balaban J connectivity index is 1.83. The maximum absolute atomic E-state index is 6.14. The van der Waals surface area contributed by atoms with Crippen LogP contribution in [0.1, 0.15) is 17.5 Å². The first-order valence-corrected chi connectivity index (χ1v) is 7.26. The Bertz CT molecular complexity index is 438. The number of fused-ring (bicyclic) bond motifs is 1. The zero-order valence-electron chi connectivity index (χ0n) is 9.59. The monoisotopic (exact) mass is 315 g/mol. The molecule has 4 heteroatoms. The molecule has 1 atom stereocenters. The molecule has 1 saturated heterocycles. The number of hydrogen-bond acceptors (Lipinski definition) is 2. The van der Waals surface area contributed by atoms with E-state index < -0.39 is 0 Å². The number of nitrogens with zero attached hydrogens (tertiary/aromatic N) is 1. The van der Waals surface area contributed by atoms with Crippen LogP contribution in [0.2, 0.25) is 0 Å². The quantitative estimate of drug-likeness (QED) is 0.777. The minimum atomic E-state index is 0.316. The molecule has 1 aromatic carbocycles. The van der Waals surface area contributed by atoms with E-state index in [1.807, 2.05) is 0 Å². The number of likely N-dealkylation sites (tertiary alicyclic amines) is 1. The first-order valence-electron chi connectivity index (χ1n) is 6.03. The average molecular weight is 317 g/mol. The van der Waals surface area contributed by atoms with Crippen molar-refractivity contribution in [3.8, 4) is 5.75 Å². The van der Waals surface area contributed by atoms with E-state index >= 15 is 0 Å². The molecular formula is C13H15BrClNO. The van der Waals surface area contributed by atoms with Gasteiger partial charge in [-0.2, -0.15) is 0 Å².